The number of hydrogen-bond acceptors (Lipinski definition) is 1. The van der Waals surface area contributed by atoms with Crippen molar-refractivity contribution in [2.75, 3.05) is 6.67 Å². The second-order valence-corrected chi connectivity index (χ2v) is 9.39. The van der Waals surface area contributed by atoms with Gasteiger partial charge >= 0.3 is 0 Å². The van der Waals surface area contributed by atoms with Crippen molar-refractivity contribution in [3.63, 3.8) is 0 Å². The van der Waals surface area contributed by atoms with Crippen LogP contribution in [0.5, 0.6) is 0 Å². The van der Waals surface area contributed by atoms with Gasteiger partial charge in [0.2, 0.25) is 0 Å². The summed E-state index contributed by atoms with van der Waals surface area (Å²) >= 11 is 2.61. The van der Waals surface area contributed by atoms with Crippen molar-refractivity contribution in [2.24, 2.45) is 11.8 Å². The smallest absolute Gasteiger partial charge is 0.0894 e. The molecule has 0 radical (unpaired) electrons. The van der Waals surface area contributed by atoms with Crippen LogP contribution in [0, 0.1) is 11.8 Å². The van der Waals surface area contributed by atoms with E-state index in [2.05, 4.69) is 55.6 Å². The van der Waals surface area contributed by atoms with E-state index < -0.39 is 0 Å². The molecule has 4 atom stereocenters. The lowest BCUT2D eigenvalue weighted by atomic mass is 9.84. The van der Waals surface area contributed by atoms with Crippen molar-refractivity contribution in [3.8, 4) is 0 Å². The third-order valence-electron chi connectivity index (χ3n) is 5.12. The molecular formula is C18H35FIN. The van der Waals surface area contributed by atoms with Crippen molar-refractivity contribution in [1.29, 1.82) is 0 Å². The fourth-order valence-electron chi connectivity index (χ4n) is 3.85. The standard InChI is InChI=1S/C18H35FIN/c1-5-7-17(12-14(2)8-6-11-19)21-18(3,4)15-9-10-16(20)13-15/h14-17,21H,5-13H2,1-4H3/t14-,15?,16?,17?/m1/s1. The molecule has 0 spiro atoms. The minimum atomic E-state index is -0.166. The van der Waals surface area contributed by atoms with Gasteiger partial charge in [-0.05, 0) is 70.6 Å². The molecule has 0 heterocycles. The average Bonchev–Trinajstić information content (AvgIpc) is 2.83. The molecule has 1 fully saturated rings. The summed E-state index contributed by atoms with van der Waals surface area (Å²) in [6.07, 6.45) is 9.51. The molecule has 1 N–H and O–H groups in total. The molecule has 3 heteroatoms. The summed E-state index contributed by atoms with van der Waals surface area (Å²) < 4.78 is 13.2. The van der Waals surface area contributed by atoms with Gasteiger partial charge in [0.05, 0.1) is 6.67 Å². The van der Waals surface area contributed by atoms with E-state index in [1.54, 1.807) is 0 Å². The molecule has 1 rings (SSSR count). The Hall–Kier alpha value is 0.620. The summed E-state index contributed by atoms with van der Waals surface area (Å²) in [7, 11) is 0. The molecule has 0 aromatic carbocycles. The van der Waals surface area contributed by atoms with Gasteiger partial charge in [0, 0.05) is 15.5 Å². The van der Waals surface area contributed by atoms with Gasteiger partial charge < -0.3 is 5.32 Å². The molecule has 0 saturated heterocycles. The van der Waals surface area contributed by atoms with Crippen molar-refractivity contribution < 1.29 is 4.39 Å². The van der Waals surface area contributed by atoms with Crippen molar-refractivity contribution in [3.05, 3.63) is 0 Å². The third-order valence-corrected chi connectivity index (χ3v) is 6.25. The largest absolute Gasteiger partial charge is 0.309 e. The summed E-state index contributed by atoms with van der Waals surface area (Å²) in [4.78, 5) is 0. The fraction of sp³-hybridized carbons (Fsp3) is 1.00. The molecule has 0 aliphatic heterocycles. The molecule has 0 bridgehead atoms. The van der Waals surface area contributed by atoms with Crippen molar-refractivity contribution in [1.82, 2.24) is 5.32 Å². The Labute approximate surface area is 145 Å². The zero-order valence-corrected chi connectivity index (χ0v) is 16.6. The first kappa shape index (κ1) is 19.7. The Kier molecular flexibility index (Phi) is 9.08. The fourth-order valence-corrected chi connectivity index (χ4v) is 4.83. The highest BCUT2D eigenvalue weighted by atomic mass is 127. The third kappa shape index (κ3) is 7.15. The zero-order valence-electron chi connectivity index (χ0n) is 14.4. The van der Waals surface area contributed by atoms with Gasteiger partial charge in [0.1, 0.15) is 0 Å². The van der Waals surface area contributed by atoms with Crippen LogP contribution >= 0.6 is 22.6 Å². The Morgan fingerprint density at radius 2 is 2.00 bits per heavy atom. The number of rotatable bonds is 10. The molecule has 1 aliphatic rings. The Morgan fingerprint density at radius 1 is 1.29 bits per heavy atom. The summed E-state index contributed by atoms with van der Waals surface area (Å²) in [5, 5.41) is 3.97. The van der Waals surface area contributed by atoms with E-state index in [4.69, 9.17) is 0 Å². The second kappa shape index (κ2) is 9.69. The lowest BCUT2D eigenvalue weighted by molar-refractivity contribution is 0.206. The van der Waals surface area contributed by atoms with E-state index in [0.29, 0.717) is 12.0 Å². The van der Waals surface area contributed by atoms with Crippen molar-refractivity contribution in [2.45, 2.75) is 94.6 Å². The van der Waals surface area contributed by atoms with Gasteiger partial charge in [-0.15, -0.1) is 0 Å². The minimum absolute atomic E-state index is 0.166. The van der Waals surface area contributed by atoms with E-state index in [1.807, 2.05) is 0 Å². The maximum atomic E-state index is 12.3. The lowest BCUT2D eigenvalue weighted by Gasteiger charge is -2.38. The summed E-state index contributed by atoms with van der Waals surface area (Å²) in [6.45, 7) is 9.16. The normalized spacial score (nSPS) is 26.0. The number of halogens is 2. The molecule has 1 nitrogen and oxygen atoms in total. The molecule has 0 aromatic heterocycles. The highest BCUT2D eigenvalue weighted by molar-refractivity contribution is 14.1. The maximum Gasteiger partial charge on any atom is 0.0894 e. The minimum Gasteiger partial charge on any atom is -0.309 e. The highest BCUT2D eigenvalue weighted by Gasteiger charge is 2.36. The van der Waals surface area contributed by atoms with E-state index in [-0.39, 0.29) is 12.2 Å². The average molecular weight is 411 g/mol. The monoisotopic (exact) mass is 411 g/mol. The molecular weight excluding hydrogens is 376 g/mol. The highest BCUT2D eigenvalue weighted by Crippen LogP contribution is 2.38. The van der Waals surface area contributed by atoms with Crippen LogP contribution in [-0.2, 0) is 0 Å². The Balaban J connectivity index is 2.51. The second-order valence-electron chi connectivity index (χ2n) is 7.63. The van der Waals surface area contributed by atoms with Gasteiger partial charge in [-0.25, -0.2) is 0 Å². The number of nitrogens with one attached hydrogen (secondary N) is 1. The van der Waals surface area contributed by atoms with Crippen LogP contribution in [0.25, 0.3) is 0 Å². The first-order chi connectivity index (χ1) is 9.89. The first-order valence-electron chi connectivity index (χ1n) is 8.86. The quantitative estimate of drug-likeness (QED) is 0.349. The van der Waals surface area contributed by atoms with E-state index in [0.717, 1.165) is 22.7 Å². The Morgan fingerprint density at radius 3 is 2.52 bits per heavy atom. The predicted molar refractivity (Wildman–Crippen MR) is 100 cm³/mol. The summed E-state index contributed by atoms with van der Waals surface area (Å²) in [6, 6.07) is 0.591. The zero-order chi connectivity index (χ0) is 15.9. The Bertz CT molecular complexity index is 282. The first-order valence-corrected chi connectivity index (χ1v) is 10.1. The molecule has 21 heavy (non-hydrogen) atoms. The van der Waals surface area contributed by atoms with Crippen LogP contribution in [0.1, 0.15) is 79.1 Å². The predicted octanol–water partition coefficient (Wildman–Crippen LogP) is 5.90. The van der Waals surface area contributed by atoms with Gasteiger partial charge in [-0.1, -0.05) is 42.9 Å². The SMILES string of the molecule is CCCC(C[C@H](C)CCCF)NC(C)(C)C1CCC(I)C1. The van der Waals surface area contributed by atoms with Gasteiger partial charge in [0.15, 0.2) is 0 Å². The van der Waals surface area contributed by atoms with Crippen LogP contribution < -0.4 is 5.32 Å². The van der Waals surface area contributed by atoms with Gasteiger partial charge in [-0.2, -0.15) is 0 Å². The van der Waals surface area contributed by atoms with Gasteiger partial charge in [0.25, 0.3) is 0 Å². The molecule has 1 saturated carbocycles. The topological polar surface area (TPSA) is 12.0 Å². The van der Waals surface area contributed by atoms with Crippen LogP contribution in [0.2, 0.25) is 0 Å². The van der Waals surface area contributed by atoms with Gasteiger partial charge in [-0.3, -0.25) is 4.39 Å². The van der Waals surface area contributed by atoms with Crippen LogP contribution in [-0.4, -0.2) is 22.2 Å². The number of hydrogen-bond donors (Lipinski definition) is 1. The summed E-state index contributed by atoms with van der Waals surface area (Å²) in [5.41, 5.74) is 0.236. The summed E-state index contributed by atoms with van der Waals surface area (Å²) in [5.74, 6) is 1.43. The van der Waals surface area contributed by atoms with Crippen LogP contribution in [0.15, 0.2) is 0 Å². The van der Waals surface area contributed by atoms with Crippen LogP contribution in [0.4, 0.5) is 4.39 Å². The van der Waals surface area contributed by atoms with E-state index in [9.17, 15) is 4.39 Å². The lowest BCUT2D eigenvalue weighted by Crippen LogP contribution is -2.50. The van der Waals surface area contributed by atoms with E-state index >= 15 is 0 Å². The van der Waals surface area contributed by atoms with E-state index in [1.165, 1.54) is 38.5 Å². The number of alkyl halides is 2. The van der Waals surface area contributed by atoms with Crippen LogP contribution in [0.3, 0.4) is 0 Å². The molecule has 0 amide bonds. The molecule has 3 unspecified atom stereocenters. The maximum absolute atomic E-state index is 12.3. The van der Waals surface area contributed by atoms with Crippen molar-refractivity contribution >= 4 is 22.6 Å². The molecule has 1 aliphatic carbocycles. The molecule has 0 aromatic rings. The molecule has 126 valence electrons.